The molecule has 3 N–H and O–H groups in total. The Hall–Kier alpha value is -1.41. The smallest absolute Gasteiger partial charge is 0.415 e. The van der Waals surface area contributed by atoms with Gasteiger partial charge in [-0.25, -0.2) is 4.79 Å². The Balaban J connectivity index is 1.97. The molecule has 1 aromatic carbocycles. The Morgan fingerprint density at radius 2 is 2.12 bits per heavy atom. The number of amides is 2. The lowest BCUT2D eigenvalue weighted by Gasteiger charge is -2.28. The average molecular weight is 409 g/mol. The quantitative estimate of drug-likeness (QED) is 0.423. The molecule has 0 bridgehead atoms. The van der Waals surface area contributed by atoms with E-state index < -0.39 is 16.2 Å². The van der Waals surface area contributed by atoms with Crippen molar-refractivity contribution in [2.45, 2.75) is 29.0 Å². The SMILES string of the molecule is Nc1ccc2c(c1)N(C(=O)OC(O)C(Cl)(Cl)Cl)C[C@@H]1CCCN1C2=O. The minimum Gasteiger partial charge on any atom is -0.415 e. The van der Waals surface area contributed by atoms with E-state index in [1.54, 1.807) is 17.0 Å². The fraction of sp³-hybridized carbons (Fsp3) is 0.467. The largest absolute Gasteiger partial charge is 0.416 e. The maximum absolute atomic E-state index is 12.8. The minimum absolute atomic E-state index is 0.154. The van der Waals surface area contributed by atoms with Gasteiger partial charge in [0.1, 0.15) is 0 Å². The monoisotopic (exact) mass is 407 g/mol. The number of aliphatic hydroxyl groups excluding tert-OH is 1. The van der Waals surface area contributed by atoms with Crippen molar-refractivity contribution in [3.63, 3.8) is 0 Å². The van der Waals surface area contributed by atoms with Gasteiger partial charge in [-0.3, -0.25) is 9.69 Å². The van der Waals surface area contributed by atoms with E-state index in [9.17, 15) is 14.7 Å². The number of nitrogens with two attached hydrogens (primary N) is 1. The number of rotatable bonds is 1. The Bertz CT molecular complexity index is 710. The molecule has 0 saturated carbocycles. The van der Waals surface area contributed by atoms with Crippen LogP contribution in [0.1, 0.15) is 23.2 Å². The van der Waals surface area contributed by atoms with Crippen LogP contribution < -0.4 is 10.6 Å². The van der Waals surface area contributed by atoms with Gasteiger partial charge in [0, 0.05) is 18.8 Å². The Kier molecular flexibility index (Phi) is 4.94. The van der Waals surface area contributed by atoms with Crippen molar-refractivity contribution in [1.29, 1.82) is 0 Å². The molecule has 1 aromatic rings. The summed E-state index contributed by atoms with van der Waals surface area (Å²) >= 11 is 16.6. The van der Waals surface area contributed by atoms with Crippen molar-refractivity contribution < 1.29 is 19.4 Å². The molecule has 25 heavy (non-hydrogen) atoms. The van der Waals surface area contributed by atoms with Crippen LogP contribution in [0, 0.1) is 0 Å². The topological polar surface area (TPSA) is 96.1 Å². The van der Waals surface area contributed by atoms with E-state index in [1.165, 1.54) is 11.0 Å². The molecule has 136 valence electrons. The molecule has 2 heterocycles. The number of hydrogen-bond acceptors (Lipinski definition) is 5. The zero-order valence-electron chi connectivity index (χ0n) is 13.0. The number of alkyl halides is 3. The van der Waals surface area contributed by atoms with Crippen LogP contribution in [0.15, 0.2) is 18.2 Å². The third-order valence-electron chi connectivity index (χ3n) is 4.29. The van der Waals surface area contributed by atoms with Gasteiger partial charge >= 0.3 is 6.09 Å². The summed E-state index contributed by atoms with van der Waals surface area (Å²) in [6.07, 6.45) is -1.27. The molecule has 7 nitrogen and oxygen atoms in total. The lowest BCUT2D eigenvalue weighted by Crippen LogP contribution is -2.44. The van der Waals surface area contributed by atoms with E-state index in [-0.39, 0.29) is 18.5 Å². The van der Waals surface area contributed by atoms with Gasteiger partial charge in [-0.15, -0.1) is 0 Å². The number of fused-ring (bicyclic) bond motifs is 2. The Morgan fingerprint density at radius 1 is 1.40 bits per heavy atom. The van der Waals surface area contributed by atoms with Crippen molar-refractivity contribution in [2.24, 2.45) is 0 Å². The number of anilines is 2. The van der Waals surface area contributed by atoms with Gasteiger partial charge < -0.3 is 20.5 Å². The Morgan fingerprint density at radius 3 is 2.80 bits per heavy atom. The standard InChI is InChI=1S/C15H16Cl3N3O4/c16-15(17,18)13(23)25-14(24)21-7-9-2-1-5-20(9)12(22)10-4-3-8(19)6-11(10)21/h3-4,6,9,13,23H,1-2,5,7,19H2/t9-,13?/m0/s1. The third kappa shape index (κ3) is 3.60. The van der Waals surface area contributed by atoms with Crippen LogP contribution in [0.4, 0.5) is 16.2 Å². The van der Waals surface area contributed by atoms with Gasteiger partial charge in [-0.2, -0.15) is 0 Å². The molecule has 2 aliphatic rings. The molecule has 2 amide bonds. The summed E-state index contributed by atoms with van der Waals surface area (Å²) in [5.41, 5.74) is 6.83. The first-order chi connectivity index (χ1) is 11.7. The maximum atomic E-state index is 12.8. The Labute approximate surface area is 159 Å². The second kappa shape index (κ2) is 6.72. The highest BCUT2D eigenvalue weighted by molar-refractivity contribution is 6.67. The number of benzene rings is 1. The lowest BCUT2D eigenvalue weighted by molar-refractivity contribution is -0.0456. The summed E-state index contributed by atoms with van der Waals surface area (Å²) in [5.74, 6) is -0.172. The molecule has 10 heteroatoms. The van der Waals surface area contributed by atoms with Gasteiger partial charge in [0.15, 0.2) is 0 Å². The summed E-state index contributed by atoms with van der Waals surface area (Å²) in [6, 6.07) is 4.52. The second-order valence-corrected chi connectivity index (χ2v) is 8.33. The highest BCUT2D eigenvalue weighted by Gasteiger charge is 2.41. The van der Waals surface area contributed by atoms with Crippen molar-refractivity contribution in [1.82, 2.24) is 4.90 Å². The lowest BCUT2D eigenvalue weighted by atomic mass is 10.1. The van der Waals surface area contributed by atoms with E-state index in [0.29, 0.717) is 23.5 Å². The number of carbonyl (C=O) groups excluding carboxylic acids is 2. The van der Waals surface area contributed by atoms with Gasteiger partial charge in [0.2, 0.25) is 6.29 Å². The summed E-state index contributed by atoms with van der Waals surface area (Å²) in [5, 5.41) is 9.73. The zero-order chi connectivity index (χ0) is 18.4. The first kappa shape index (κ1) is 18.4. The van der Waals surface area contributed by atoms with Crippen molar-refractivity contribution in [2.75, 3.05) is 23.7 Å². The molecule has 0 spiro atoms. The molecule has 0 aromatic heterocycles. The summed E-state index contributed by atoms with van der Waals surface area (Å²) in [7, 11) is 0. The highest BCUT2D eigenvalue weighted by Crippen LogP contribution is 2.35. The van der Waals surface area contributed by atoms with Crippen LogP contribution >= 0.6 is 34.8 Å². The van der Waals surface area contributed by atoms with Crippen LogP contribution in [0.5, 0.6) is 0 Å². The van der Waals surface area contributed by atoms with Crippen LogP contribution in [0.2, 0.25) is 0 Å². The van der Waals surface area contributed by atoms with E-state index in [2.05, 4.69) is 0 Å². The predicted molar refractivity (Wildman–Crippen MR) is 95.0 cm³/mol. The molecule has 0 radical (unpaired) electrons. The predicted octanol–water partition coefficient (Wildman–Crippen LogP) is 2.52. The van der Waals surface area contributed by atoms with Gasteiger partial charge in [-0.05, 0) is 31.0 Å². The molecule has 1 saturated heterocycles. The van der Waals surface area contributed by atoms with Gasteiger partial charge in [0.05, 0.1) is 17.3 Å². The summed E-state index contributed by atoms with van der Waals surface area (Å²) in [4.78, 5) is 28.3. The fourth-order valence-electron chi connectivity index (χ4n) is 3.11. The molecule has 3 rings (SSSR count). The van der Waals surface area contributed by atoms with E-state index in [0.717, 1.165) is 12.8 Å². The van der Waals surface area contributed by atoms with Crippen LogP contribution in [0.25, 0.3) is 0 Å². The molecule has 0 aliphatic carbocycles. The minimum atomic E-state index is -2.19. The number of carbonyl (C=O) groups is 2. The first-order valence-corrected chi connectivity index (χ1v) is 8.75. The number of nitrogens with zero attached hydrogens (tertiary/aromatic N) is 2. The van der Waals surface area contributed by atoms with Gasteiger partial charge in [0.25, 0.3) is 9.70 Å². The van der Waals surface area contributed by atoms with Gasteiger partial charge in [-0.1, -0.05) is 34.8 Å². The fourth-order valence-corrected chi connectivity index (χ4v) is 3.24. The number of halogens is 3. The molecule has 2 aliphatic heterocycles. The van der Waals surface area contributed by atoms with E-state index in [4.69, 9.17) is 45.3 Å². The average Bonchev–Trinajstić information content (AvgIpc) is 2.95. The first-order valence-electron chi connectivity index (χ1n) is 7.62. The molecule has 2 atom stereocenters. The van der Waals surface area contributed by atoms with Crippen molar-refractivity contribution >= 4 is 58.2 Å². The number of hydrogen-bond donors (Lipinski definition) is 2. The molecule has 1 unspecified atom stereocenters. The summed E-state index contributed by atoms with van der Waals surface area (Å²) < 4.78 is 2.68. The van der Waals surface area contributed by atoms with Crippen LogP contribution in [-0.4, -0.2) is 51.2 Å². The van der Waals surface area contributed by atoms with E-state index in [1.807, 2.05) is 0 Å². The maximum Gasteiger partial charge on any atom is 0.416 e. The normalized spacial score (nSPS) is 21.4. The van der Waals surface area contributed by atoms with Crippen molar-refractivity contribution in [3.8, 4) is 0 Å². The highest BCUT2D eigenvalue weighted by atomic mass is 35.6. The number of aliphatic hydroxyl groups is 1. The molecular weight excluding hydrogens is 393 g/mol. The van der Waals surface area contributed by atoms with E-state index >= 15 is 0 Å². The van der Waals surface area contributed by atoms with Crippen LogP contribution in [0.3, 0.4) is 0 Å². The van der Waals surface area contributed by atoms with Crippen molar-refractivity contribution in [3.05, 3.63) is 23.8 Å². The number of nitrogen functional groups attached to an aromatic ring is 1. The molecular formula is C15H16Cl3N3O4. The number of ether oxygens (including phenoxy) is 1. The summed E-state index contributed by atoms with van der Waals surface area (Å²) in [6.45, 7) is 0.820. The van der Waals surface area contributed by atoms with Crippen LogP contribution in [-0.2, 0) is 4.74 Å². The molecule has 1 fully saturated rings. The zero-order valence-corrected chi connectivity index (χ0v) is 15.3. The third-order valence-corrected chi connectivity index (χ3v) is 4.85. The second-order valence-electron chi connectivity index (χ2n) is 5.96.